The molecule has 3 heterocycles. The van der Waals surface area contributed by atoms with Crippen LogP contribution in [-0.2, 0) is 29.4 Å². The van der Waals surface area contributed by atoms with Crippen molar-refractivity contribution in [1.29, 1.82) is 0 Å². The first-order valence-electron chi connectivity index (χ1n) is 10.7. The third-order valence-electron chi connectivity index (χ3n) is 6.26. The van der Waals surface area contributed by atoms with Crippen molar-refractivity contribution in [1.82, 2.24) is 19.8 Å². The highest BCUT2D eigenvalue weighted by Gasteiger charge is 2.40. The van der Waals surface area contributed by atoms with E-state index in [0.717, 1.165) is 16.7 Å². The molecular formula is C24H18F4N4O3. The van der Waals surface area contributed by atoms with Crippen molar-refractivity contribution in [3.8, 4) is 22.5 Å². The Kier molecular flexibility index (Phi) is 5.22. The Morgan fingerprint density at radius 3 is 2.37 bits per heavy atom. The van der Waals surface area contributed by atoms with Gasteiger partial charge in [-0.3, -0.25) is 19.7 Å². The summed E-state index contributed by atoms with van der Waals surface area (Å²) >= 11 is 0. The number of imidazole rings is 1. The number of piperidine rings is 1. The zero-order valence-electron chi connectivity index (χ0n) is 18.3. The first-order valence-corrected chi connectivity index (χ1v) is 10.7. The number of rotatable bonds is 3. The van der Waals surface area contributed by atoms with Crippen molar-refractivity contribution in [3.05, 3.63) is 65.2 Å². The number of hydrogen-bond acceptors (Lipinski definition) is 4. The summed E-state index contributed by atoms with van der Waals surface area (Å²) in [5, 5.41) is 2.23. The molecule has 0 radical (unpaired) electrons. The van der Waals surface area contributed by atoms with Crippen LogP contribution in [0.3, 0.4) is 0 Å². The third kappa shape index (κ3) is 3.86. The van der Waals surface area contributed by atoms with E-state index < -0.39 is 41.6 Å². The Morgan fingerprint density at radius 2 is 1.71 bits per heavy atom. The van der Waals surface area contributed by atoms with Gasteiger partial charge in [-0.25, -0.2) is 9.37 Å². The lowest BCUT2D eigenvalue weighted by molar-refractivity contribution is -0.146. The standard InChI is InChI=1S/C24H18F4N4O3/c1-31-20(12-2-5-15(25)6-3-12)19(30-23(31)24(26,27)28)13-4-7-16-14(10-13)11-32(22(16)35)17-8-9-18(33)29-21(17)34/h2-7,10,17H,8-9,11H2,1H3,(H,29,33,34). The number of fused-ring (bicyclic) bond motifs is 1. The number of alkyl halides is 3. The molecule has 1 unspecified atom stereocenters. The molecule has 2 aromatic carbocycles. The Bertz CT molecular complexity index is 1380. The molecule has 2 aliphatic heterocycles. The molecule has 1 fully saturated rings. The molecule has 180 valence electrons. The van der Waals surface area contributed by atoms with E-state index in [1.54, 1.807) is 6.07 Å². The highest BCUT2D eigenvalue weighted by atomic mass is 19.4. The summed E-state index contributed by atoms with van der Waals surface area (Å²) in [7, 11) is 1.24. The summed E-state index contributed by atoms with van der Waals surface area (Å²) in [4.78, 5) is 41.9. The van der Waals surface area contributed by atoms with E-state index >= 15 is 0 Å². The summed E-state index contributed by atoms with van der Waals surface area (Å²) in [6, 6.07) is 8.81. The lowest BCUT2D eigenvalue weighted by atomic mass is 10.0. The Hall–Kier alpha value is -4.02. The van der Waals surface area contributed by atoms with Gasteiger partial charge in [0, 0.05) is 36.7 Å². The fraction of sp³-hybridized carbons (Fsp3) is 0.250. The molecule has 1 N–H and O–H groups in total. The topological polar surface area (TPSA) is 84.3 Å². The maximum atomic E-state index is 13.7. The van der Waals surface area contributed by atoms with Crippen molar-refractivity contribution in [2.45, 2.75) is 31.6 Å². The number of halogens is 4. The van der Waals surface area contributed by atoms with Crippen LogP contribution < -0.4 is 5.32 Å². The maximum absolute atomic E-state index is 13.7. The summed E-state index contributed by atoms with van der Waals surface area (Å²) in [5.74, 6) is -2.99. The van der Waals surface area contributed by atoms with Crippen LogP contribution in [0.1, 0.15) is 34.6 Å². The van der Waals surface area contributed by atoms with E-state index in [1.807, 2.05) is 0 Å². The summed E-state index contributed by atoms with van der Waals surface area (Å²) < 4.78 is 55.4. The van der Waals surface area contributed by atoms with Crippen molar-refractivity contribution < 1.29 is 31.9 Å². The van der Waals surface area contributed by atoms with Gasteiger partial charge in [-0.2, -0.15) is 13.2 Å². The average molecular weight is 486 g/mol. The molecule has 5 rings (SSSR count). The van der Waals surface area contributed by atoms with Crippen molar-refractivity contribution in [3.63, 3.8) is 0 Å². The van der Waals surface area contributed by atoms with Gasteiger partial charge in [-0.05, 0) is 48.4 Å². The second-order valence-electron chi connectivity index (χ2n) is 8.47. The van der Waals surface area contributed by atoms with E-state index in [1.165, 1.54) is 36.2 Å². The van der Waals surface area contributed by atoms with Gasteiger partial charge in [-0.1, -0.05) is 6.07 Å². The first-order chi connectivity index (χ1) is 16.5. The molecule has 0 bridgehead atoms. The van der Waals surface area contributed by atoms with E-state index in [-0.39, 0.29) is 30.8 Å². The van der Waals surface area contributed by atoms with Gasteiger partial charge in [0.2, 0.25) is 17.6 Å². The number of benzene rings is 2. The number of amides is 3. The molecule has 0 spiro atoms. The number of imide groups is 1. The number of carbonyl (C=O) groups is 3. The SMILES string of the molecule is Cn1c(C(F)(F)F)nc(-c2ccc3c(c2)CN(C2CCC(=O)NC2=O)C3=O)c1-c1ccc(F)cc1. The van der Waals surface area contributed by atoms with E-state index in [2.05, 4.69) is 10.3 Å². The van der Waals surface area contributed by atoms with Crippen LogP contribution in [0.5, 0.6) is 0 Å². The van der Waals surface area contributed by atoms with Crippen LogP contribution in [0.4, 0.5) is 17.6 Å². The largest absolute Gasteiger partial charge is 0.449 e. The Balaban J connectivity index is 1.57. The Labute approximate surface area is 196 Å². The molecule has 0 aliphatic carbocycles. The number of hydrogen-bond donors (Lipinski definition) is 1. The summed E-state index contributed by atoms with van der Waals surface area (Å²) in [5.41, 5.74) is 1.71. The lowest BCUT2D eigenvalue weighted by Gasteiger charge is -2.29. The first kappa shape index (κ1) is 22.8. The van der Waals surface area contributed by atoms with Gasteiger partial charge in [-0.15, -0.1) is 0 Å². The second-order valence-corrected chi connectivity index (χ2v) is 8.47. The van der Waals surface area contributed by atoms with Gasteiger partial charge < -0.3 is 9.47 Å². The minimum atomic E-state index is -4.73. The third-order valence-corrected chi connectivity index (χ3v) is 6.26. The lowest BCUT2D eigenvalue weighted by Crippen LogP contribution is -2.52. The van der Waals surface area contributed by atoms with Crippen LogP contribution in [0, 0.1) is 5.82 Å². The summed E-state index contributed by atoms with van der Waals surface area (Å²) in [6.07, 6.45) is -4.42. The normalized spacial score (nSPS) is 18.1. The van der Waals surface area contributed by atoms with Crippen LogP contribution in [-0.4, -0.2) is 38.2 Å². The van der Waals surface area contributed by atoms with Crippen LogP contribution >= 0.6 is 0 Å². The molecule has 3 aromatic rings. The van der Waals surface area contributed by atoms with Gasteiger partial charge >= 0.3 is 6.18 Å². The molecule has 1 aromatic heterocycles. The molecule has 3 amide bonds. The molecule has 0 saturated carbocycles. The van der Waals surface area contributed by atoms with Gasteiger partial charge in [0.25, 0.3) is 5.91 Å². The molecular weight excluding hydrogens is 468 g/mol. The molecule has 1 atom stereocenters. The van der Waals surface area contributed by atoms with Gasteiger partial charge in [0.15, 0.2) is 0 Å². The Morgan fingerprint density at radius 1 is 1.03 bits per heavy atom. The fourth-order valence-corrected chi connectivity index (χ4v) is 4.61. The van der Waals surface area contributed by atoms with Crippen molar-refractivity contribution in [2.75, 3.05) is 0 Å². The van der Waals surface area contributed by atoms with Crippen LogP contribution in [0.15, 0.2) is 42.5 Å². The minimum absolute atomic E-state index is 0.0288. The zero-order chi connectivity index (χ0) is 25.1. The molecule has 7 nitrogen and oxygen atoms in total. The number of nitrogens with one attached hydrogen (secondary N) is 1. The average Bonchev–Trinajstić information content (AvgIpc) is 3.31. The van der Waals surface area contributed by atoms with Gasteiger partial charge in [0.05, 0.1) is 11.4 Å². The maximum Gasteiger partial charge on any atom is 0.449 e. The van der Waals surface area contributed by atoms with Crippen molar-refractivity contribution >= 4 is 17.7 Å². The van der Waals surface area contributed by atoms with Gasteiger partial charge in [0.1, 0.15) is 11.9 Å². The molecule has 2 aliphatic rings. The molecule has 35 heavy (non-hydrogen) atoms. The number of carbonyl (C=O) groups excluding carboxylic acids is 3. The van der Waals surface area contributed by atoms with E-state index in [0.29, 0.717) is 22.3 Å². The quantitative estimate of drug-likeness (QED) is 0.452. The zero-order valence-corrected chi connectivity index (χ0v) is 18.3. The highest BCUT2D eigenvalue weighted by Crippen LogP contribution is 2.39. The number of nitrogens with zero attached hydrogens (tertiary/aromatic N) is 3. The number of aromatic nitrogens is 2. The van der Waals surface area contributed by atoms with Crippen molar-refractivity contribution in [2.24, 2.45) is 7.05 Å². The smallest absolute Gasteiger partial charge is 0.323 e. The second kappa shape index (κ2) is 8.03. The van der Waals surface area contributed by atoms with Crippen LogP contribution in [0.25, 0.3) is 22.5 Å². The highest BCUT2D eigenvalue weighted by molar-refractivity contribution is 6.05. The van der Waals surface area contributed by atoms with Crippen LogP contribution in [0.2, 0.25) is 0 Å². The minimum Gasteiger partial charge on any atom is -0.323 e. The van der Waals surface area contributed by atoms with E-state index in [4.69, 9.17) is 0 Å². The fourth-order valence-electron chi connectivity index (χ4n) is 4.61. The predicted octanol–water partition coefficient (Wildman–Crippen LogP) is 3.67. The predicted molar refractivity (Wildman–Crippen MR) is 115 cm³/mol. The van der Waals surface area contributed by atoms with E-state index in [9.17, 15) is 31.9 Å². The summed E-state index contributed by atoms with van der Waals surface area (Å²) in [6.45, 7) is 0.0686. The molecule has 1 saturated heterocycles. The molecule has 11 heteroatoms. The monoisotopic (exact) mass is 486 g/mol.